The van der Waals surface area contributed by atoms with Gasteiger partial charge in [0.1, 0.15) is 36.3 Å². The Kier molecular flexibility index (Phi) is 32.7. The van der Waals surface area contributed by atoms with Crippen molar-refractivity contribution in [3.63, 3.8) is 0 Å². The quantitative estimate of drug-likeness (QED) is 0.0216. The number of nitrogens with zero attached hydrogens (tertiary/aromatic N) is 4. The molecule has 11 radical (unpaired) electrons. The minimum absolute atomic E-state index is 0.0311. The Morgan fingerprint density at radius 2 is 1.55 bits per heavy atom. The fourth-order valence-corrected chi connectivity index (χ4v) is 9.10. The molecule has 7 unspecified atom stereocenters. The lowest BCUT2D eigenvalue weighted by Gasteiger charge is -2.36. The van der Waals surface area contributed by atoms with Crippen LogP contribution >= 0.6 is 35.2 Å². The largest absolute Gasteiger partial charge is 0.790 e. The molecule has 1 saturated heterocycles. The molecule has 0 spiro atoms. The van der Waals surface area contributed by atoms with Crippen LogP contribution < -0.4 is 35.9 Å². The summed E-state index contributed by atoms with van der Waals surface area (Å²) in [6, 6.07) is 0. The highest BCUT2D eigenvalue weighted by Gasteiger charge is 2.55. The number of carbonyl (C=O) groups excluding carboxylic acids is 3. The maximum atomic E-state index is 12.6. The fraction of sp³-hybridized carbons (Fsp3) is 0.639. The van der Waals surface area contributed by atoms with Gasteiger partial charge in [0.2, 0.25) is 11.8 Å². The number of amides is 2. The van der Waals surface area contributed by atoms with Crippen LogP contribution in [0.25, 0.3) is 11.2 Å². The highest BCUT2D eigenvalue weighted by Crippen LogP contribution is 2.56. The number of fused-ring (bicyclic) bond motifs is 1. The van der Waals surface area contributed by atoms with Crippen molar-refractivity contribution in [1.29, 1.82) is 0 Å². The Morgan fingerprint density at radius 3 is 2.10 bits per heavy atom. The van der Waals surface area contributed by atoms with Crippen molar-refractivity contribution in [3.8, 4) is 24.7 Å². The third-order valence-corrected chi connectivity index (χ3v) is 13.1. The third kappa shape index (κ3) is 28.4. The number of carboxylic acid groups (broad SMARTS) is 1. The van der Waals surface area contributed by atoms with Gasteiger partial charge in [0.25, 0.3) is 15.6 Å². The zero-order valence-electron chi connectivity index (χ0n) is 40.0. The normalized spacial score (nSPS) is 19.2. The predicted molar refractivity (Wildman–Crippen MR) is 265 cm³/mol. The van der Waals surface area contributed by atoms with E-state index in [4.69, 9.17) is 28.4 Å². The molecular formula is C36H52B7N7O19P3S-4. The minimum atomic E-state index is -5.94. The number of ether oxygens (including phenoxy) is 1. The second kappa shape index (κ2) is 34.3. The number of imidazole rings is 1. The number of hydrogen-bond acceptors (Lipinski definition) is 23. The maximum Gasteiger partial charge on any atom is 0.303 e. The summed E-state index contributed by atoms with van der Waals surface area (Å²) in [5, 5.41) is 34.6. The number of phosphoric ester groups is 3. The van der Waals surface area contributed by atoms with E-state index in [1.54, 1.807) is 0 Å². The van der Waals surface area contributed by atoms with Crippen molar-refractivity contribution in [2.75, 3.05) is 37.8 Å². The van der Waals surface area contributed by atoms with Crippen LogP contribution in [0.5, 0.6) is 0 Å². The topological polar surface area (TPSA) is 412 Å². The number of terminal acetylenes is 2. The summed E-state index contributed by atoms with van der Waals surface area (Å²) in [6.45, 7) is 1.23. The molecule has 1 aliphatic rings. The van der Waals surface area contributed by atoms with Crippen LogP contribution in [0.2, 0.25) is 0 Å². The van der Waals surface area contributed by atoms with E-state index in [-0.39, 0.29) is 48.0 Å². The lowest BCUT2D eigenvalue weighted by Crippen LogP contribution is -2.46. The molecule has 0 aromatic carbocycles. The number of unbranched alkanes of at least 4 members (excludes halogenated alkanes) is 4. The summed E-state index contributed by atoms with van der Waals surface area (Å²) < 4.78 is 61.0. The summed E-state index contributed by atoms with van der Waals surface area (Å²) in [6.07, 6.45) is 8.17. The minimum Gasteiger partial charge on any atom is -0.790 e. The number of aliphatic carboxylic acids is 1. The molecular weight excluding hydrogens is 1040 g/mol. The Balaban J connectivity index is 0.00000280. The SMILES string of the molecule is C#CCCCCC(=O)O.C#CCCCCC(=O)SCCNC(=O)CCNC(=O)C(O)C(C)(C)COP(=O)([O-])OP(=O)([O-])OCC1OC(C)(n2cnc3c(N)ncnc32)C(O)C1OP(=O)([O-])[O-].[B]B([B])[B].[B][B][B]. The van der Waals surface area contributed by atoms with E-state index < -0.39 is 96.4 Å². The molecule has 2 aromatic heterocycles. The van der Waals surface area contributed by atoms with E-state index in [2.05, 4.69) is 94.0 Å². The molecule has 1 aliphatic heterocycles. The standard InChI is InChI=1S/C29H46N7O17P3S.C7H10O2.B4.B3/c1-5-6-7-8-9-20(38)57-13-12-31-19(37)10-11-32-27(41)24(40)28(2,3)15-50-56(47,48)53-55(45,46)49-14-18-22(52-54(42,43)44)23(39)29(4,51-18)36-17-35-21-25(30)33-16-34-26(21)36;1-2-3-4-5-6-7(8)9;1-4(2)3;1-3-2/h1,16-18,22-24,39-40H,6-15H2,2-4H3,(H,31,37)(H,32,41)(H,45,46)(H,47,48)(H2,30,33,34)(H2,42,43,44);1H,3-6H2,(H,8,9);;/p-4. The van der Waals surface area contributed by atoms with Crippen LogP contribution in [0, 0.1) is 30.1 Å². The maximum absolute atomic E-state index is 12.6. The zero-order chi connectivity index (χ0) is 56.2. The molecule has 37 heteroatoms. The van der Waals surface area contributed by atoms with Crippen LogP contribution in [0.4, 0.5) is 5.82 Å². The fourth-order valence-electron chi connectivity index (χ4n) is 5.66. The summed E-state index contributed by atoms with van der Waals surface area (Å²) in [7, 11) is 6.34. The number of nitrogen functional groups attached to an aromatic ring is 1. The van der Waals surface area contributed by atoms with Gasteiger partial charge in [-0.1, -0.05) is 25.6 Å². The van der Waals surface area contributed by atoms with Crippen molar-refractivity contribution >= 4 is 127 Å². The average Bonchev–Trinajstić information content (AvgIpc) is 3.83. The first kappa shape index (κ1) is 69.6. The van der Waals surface area contributed by atoms with Crippen molar-refractivity contribution in [2.45, 2.75) is 109 Å². The molecule has 26 nitrogen and oxygen atoms in total. The van der Waals surface area contributed by atoms with Gasteiger partial charge in [0.15, 0.2) is 22.3 Å². The Morgan fingerprint density at radius 1 is 0.986 bits per heavy atom. The van der Waals surface area contributed by atoms with E-state index in [9.17, 15) is 62.7 Å². The first-order valence-corrected chi connectivity index (χ1v) is 26.8. The van der Waals surface area contributed by atoms with E-state index in [0.29, 0.717) is 37.9 Å². The molecule has 3 heterocycles. The number of anilines is 1. The molecule has 0 bridgehead atoms. The number of aromatic nitrogens is 4. The monoisotopic (exact) mass is 1090 g/mol. The molecule has 7 N–H and O–H groups in total. The highest BCUT2D eigenvalue weighted by atomic mass is 32.2. The number of rotatable bonds is 27. The number of carbonyl (C=O) groups is 4. The molecule has 1 fully saturated rings. The molecule has 7 atom stereocenters. The smallest absolute Gasteiger partial charge is 0.303 e. The van der Waals surface area contributed by atoms with E-state index in [1.807, 2.05) is 0 Å². The van der Waals surface area contributed by atoms with Gasteiger partial charge in [-0.3, -0.25) is 32.9 Å². The van der Waals surface area contributed by atoms with Crippen molar-refractivity contribution in [3.05, 3.63) is 12.7 Å². The zero-order valence-corrected chi connectivity index (χ0v) is 43.5. The molecule has 3 rings (SSSR count). The summed E-state index contributed by atoms with van der Waals surface area (Å²) in [5.74, 6) is 2.97. The van der Waals surface area contributed by atoms with Crippen molar-refractivity contribution in [2.24, 2.45) is 5.41 Å². The average molecular weight is 1090 g/mol. The van der Waals surface area contributed by atoms with Crippen molar-refractivity contribution < 1.29 is 90.4 Å². The van der Waals surface area contributed by atoms with Gasteiger partial charge in [0.05, 0.1) is 27.4 Å². The lowest BCUT2D eigenvalue weighted by atomic mass is 9.08. The first-order valence-electron chi connectivity index (χ1n) is 21.4. The van der Waals surface area contributed by atoms with E-state index >= 15 is 0 Å². The second-order valence-corrected chi connectivity index (χ2v) is 21.0. The predicted octanol–water partition coefficient (Wildman–Crippen LogP) is -3.90. The van der Waals surface area contributed by atoms with Crippen LogP contribution in [0.1, 0.15) is 78.6 Å². The summed E-state index contributed by atoms with van der Waals surface area (Å²) >= 11 is 1.06. The lowest BCUT2D eigenvalue weighted by molar-refractivity contribution is -0.347. The molecule has 73 heavy (non-hydrogen) atoms. The molecule has 2 amide bonds. The number of nitrogens with one attached hydrogen (secondary N) is 2. The van der Waals surface area contributed by atoms with Gasteiger partial charge < -0.3 is 74.1 Å². The first-order chi connectivity index (χ1) is 33.8. The van der Waals surface area contributed by atoms with Gasteiger partial charge in [0, 0.05) is 108 Å². The molecule has 0 saturated carbocycles. The number of carboxylic acids is 1. The third-order valence-electron chi connectivity index (χ3n) is 9.14. The summed E-state index contributed by atoms with van der Waals surface area (Å²) in [4.78, 5) is 106. The molecule has 2 aromatic rings. The Hall–Kier alpha value is -3.40. The number of phosphoric acid groups is 3. The van der Waals surface area contributed by atoms with Crippen LogP contribution in [0.3, 0.4) is 0 Å². The van der Waals surface area contributed by atoms with Crippen molar-refractivity contribution in [1.82, 2.24) is 30.2 Å². The van der Waals surface area contributed by atoms with E-state index in [0.717, 1.165) is 48.9 Å². The number of aliphatic hydroxyl groups excluding tert-OH is 2. The van der Waals surface area contributed by atoms with Crippen LogP contribution in [0.15, 0.2) is 12.7 Å². The van der Waals surface area contributed by atoms with E-state index in [1.165, 1.54) is 20.8 Å². The second-order valence-electron chi connectivity index (χ2n) is 15.8. The van der Waals surface area contributed by atoms with Crippen LogP contribution in [-0.4, -0.2) is 166 Å². The van der Waals surface area contributed by atoms with Crippen LogP contribution in [-0.2, 0) is 61.2 Å². The number of hydrogen-bond donors (Lipinski definition) is 6. The number of nitrogens with two attached hydrogens (primary N) is 1. The van der Waals surface area contributed by atoms with Gasteiger partial charge in [-0.15, -0.1) is 24.7 Å². The summed E-state index contributed by atoms with van der Waals surface area (Å²) in [5.41, 5.74) is 2.01. The van der Waals surface area contributed by atoms with Gasteiger partial charge in [-0.2, -0.15) is 0 Å². The van der Waals surface area contributed by atoms with Gasteiger partial charge in [-0.05, 0) is 32.6 Å². The van der Waals surface area contributed by atoms with Gasteiger partial charge in [-0.25, -0.2) is 19.3 Å². The molecule has 0 aliphatic carbocycles. The van der Waals surface area contributed by atoms with Gasteiger partial charge >= 0.3 is 5.97 Å². The number of aliphatic hydroxyl groups is 2. The highest BCUT2D eigenvalue weighted by molar-refractivity contribution is 8.13. The Labute approximate surface area is 435 Å². The Bertz CT molecular complexity index is 2300. The molecule has 391 valence electrons. The number of thioether (sulfide) groups is 1.